The molecule has 0 radical (unpaired) electrons. The molecule has 0 saturated heterocycles. The molecule has 0 spiro atoms. The number of likely N-dealkylation sites (N-methyl/N-ethyl adjacent to an activating group) is 1. The van der Waals surface area contributed by atoms with Gasteiger partial charge in [-0.25, -0.2) is 0 Å². The molecule has 3 saturated carbocycles. The first-order valence-electron chi connectivity index (χ1n) is 9.09. The van der Waals surface area contributed by atoms with E-state index in [1.54, 1.807) is 0 Å². The molecule has 0 aromatic carbocycles. The zero-order valence-corrected chi connectivity index (χ0v) is 14.2. The first-order valence-corrected chi connectivity index (χ1v) is 9.09. The minimum atomic E-state index is 0.166. The van der Waals surface area contributed by atoms with Gasteiger partial charge in [0.1, 0.15) is 0 Å². The van der Waals surface area contributed by atoms with E-state index in [-0.39, 0.29) is 11.3 Å². The van der Waals surface area contributed by atoms with Gasteiger partial charge in [0, 0.05) is 24.5 Å². The van der Waals surface area contributed by atoms with E-state index in [2.05, 4.69) is 19.9 Å². The van der Waals surface area contributed by atoms with Crippen LogP contribution in [0.5, 0.6) is 0 Å². The van der Waals surface area contributed by atoms with Gasteiger partial charge in [0.15, 0.2) is 0 Å². The summed E-state index contributed by atoms with van der Waals surface area (Å²) in [5.41, 5.74) is 7.02. The van der Waals surface area contributed by atoms with Gasteiger partial charge in [0.25, 0.3) is 0 Å². The molecule has 0 aromatic heterocycles. The molecule has 22 heavy (non-hydrogen) atoms. The van der Waals surface area contributed by atoms with Crippen molar-refractivity contribution >= 4 is 5.91 Å². The number of carbonyl (C=O) groups is 1. The lowest BCUT2D eigenvalue weighted by Gasteiger charge is -2.60. The highest BCUT2D eigenvalue weighted by atomic mass is 16.2. The lowest BCUT2D eigenvalue weighted by atomic mass is 9.48. The van der Waals surface area contributed by atoms with Crippen LogP contribution in [0.25, 0.3) is 0 Å². The molecule has 122 valence electrons. The van der Waals surface area contributed by atoms with Crippen LogP contribution >= 0.6 is 0 Å². The van der Waals surface area contributed by atoms with Gasteiger partial charge in [-0.2, -0.15) is 0 Å². The van der Waals surface area contributed by atoms with Gasteiger partial charge < -0.3 is 10.6 Å². The van der Waals surface area contributed by atoms with Crippen molar-refractivity contribution in [2.45, 2.75) is 64.5 Å². The Morgan fingerprint density at radius 2 is 1.91 bits per heavy atom. The molecule has 1 heterocycles. The van der Waals surface area contributed by atoms with Gasteiger partial charge in [-0.1, -0.05) is 19.9 Å². The fourth-order valence-electron chi connectivity index (χ4n) is 6.78. The van der Waals surface area contributed by atoms with Crippen LogP contribution in [0.3, 0.4) is 0 Å². The molecule has 3 fully saturated rings. The predicted octanol–water partition coefficient (Wildman–Crippen LogP) is 2.95. The average Bonchev–Trinajstić information content (AvgIpc) is 2.79. The molecule has 1 amide bonds. The molecule has 3 aliphatic carbocycles. The van der Waals surface area contributed by atoms with Crippen LogP contribution in [0, 0.1) is 28.6 Å². The summed E-state index contributed by atoms with van der Waals surface area (Å²) in [4.78, 5) is 14.1. The lowest BCUT2D eigenvalue weighted by Crippen LogP contribution is -2.60. The van der Waals surface area contributed by atoms with Gasteiger partial charge in [0.05, 0.1) is 0 Å². The van der Waals surface area contributed by atoms with Gasteiger partial charge in [-0.15, -0.1) is 0 Å². The molecule has 3 heteroatoms. The van der Waals surface area contributed by atoms with E-state index in [0.717, 1.165) is 24.2 Å². The van der Waals surface area contributed by atoms with Crippen LogP contribution in [0.15, 0.2) is 12.2 Å². The van der Waals surface area contributed by atoms with E-state index in [9.17, 15) is 4.79 Å². The second kappa shape index (κ2) is 4.59. The Kier molecular flexibility index (Phi) is 3.08. The van der Waals surface area contributed by atoms with E-state index >= 15 is 0 Å². The molecule has 3 nitrogen and oxygen atoms in total. The van der Waals surface area contributed by atoms with Crippen molar-refractivity contribution in [1.82, 2.24) is 4.90 Å². The molecule has 0 unspecified atom stereocenters. The van der Waals surface area contributed by atoms with E-state index in [1.165, 1.54) is 32.1 Å². The maximum atomic E-state index is 12.1. The van der Waals surface area contributed by atoms with Crippen molar-refractivity contribution in [3.05, 3.63) is 12.2 Å². The number of nitrogens with zero attached hydrogens (tertiary/aromatic N) is 1. The van der Waals surface area contributed by atoms with Gasteiger partial charge in [-0.05, 0) is 67.8 Å². The number of rotatable bonds is 0. The van der Waals surface area contributed by atoms with Gasteiger partial charge in [0.2, 0.25) is 5.91 Å². The Bertz CT molecular complexity index is 530. The van der Waals surface area contributed by atoms with Gasteiger partial charge in [-0.3, -0.25) is 4.79 Å². The summed E-state index contributed by atoms with van der Waals surface area (Å²) in [6, 6.07) is 0.792. The smallest absolute Gasteiger partial charge is 0.246 e. The highest BCUT2D eigenvalue weighted by molar-refractivity contribution is 5.89. The van der Waals surface area contributed by atoms with Crippen molar-refractivity contribution in [3.63, 3.8) is 0 Å². The summed E-state index contributed by atoms with van der Waals surface area (Å²) in [6.45, 7) is 4.86. The number of hydrogen-bond acceptors (Lipinski definition) is 2. The third-order valence-corrected chi connectivity index (χ3v) is 8.20. The third-order valence-electron chi connectivity index (χ3n) is 8.20. The van der Waals surface area contributed by atoms with Crippen LogP contribution in [-0.4, -0.2) is 29.9 Å². The molecule has 2 N–H and O–H groups in total. The van der Waals surface area contributed by atoms with Crippen molar-refractivity contribution in [2.24, 2.45) is 34.3 Å². The molecular weight excluding hydrogens is 272 g/mol. The standard InChI is InChI=1S/C19H30N2O/c1-18-10-8-14-12(13(18)5-6-15(18)20)4-7-16-19(14,2)11-9-17(22)21(16)3/h9,11-16H,4-8,10,20H2,1-3H3/t12-,13-,14-,15-,16+,18-,19+/m0/s1. The van der Waals surface area contributed by atoms with Crippen molar-refractivity contribution in [3.8, 4) is 0 Å². The highest BCUT2D eigenvalue weighted by Crippen LogP contribution is 2.63. The molecular formula is C19H30N2O. The Morgan fingerprint density at radius 1 is 1.14 bits per heavy atom. The molecule has 0 aromatic rings. The fraction of sp³-hybridized carbons (Fsp3) is 0.842. The molecule has 1 aliphatic heterocycles. The Morgan fingerprint density at radius 3 is 2.68 bits per heavy atom. The zero-order chi connectivity index (χ0) is 15.7. The minimum Gasteiger partial charge on any atom is -0.338 e. The Labute approximate surface area is 134 Å². The number of amides is 1. The SMILES string of the molecule is CN1C(=O)C=C[C@]2(C)[C@H]3CC[C@]4(C)[C@@H](N)CC[C@H]4[C@@H]3CC[C@@H]12. The first kappa shape index (κ1) is 14.7. The molecule has 4 rings (SSSR count). The first-order chi connectivity index (χ1) is 10.4. The zero-order valence-electron chi connectivity index (χ0n) is 14.2. The van der Waals surface area contributed by atoms with Gasteiger partial charge >= 0.3 is 0 Å². The molecule has 0 bridgehead atoms. The summed E-state index contributed by atoms with van der Waals surface area (Å²) >= 11 is 0. The Hall–Kier alpha value is -0.830. The second-order valence-electron chi connectivity index (χ2n) is 8.85. The van der Waals surface area contributed by atoms with Crippen LogP contribution in [0.1, 0.15) is 52.4 Å². The van der Waals surface area contributed by atoms with Crippen LogP contribution < -0.4 is 5.73 Å². The van der Waals surface area contributed by atoms with Crippen LogP contribution in [0.2, 0.25) is 0 Å². The summed E-state index contributed by atoms with van der Waals surface area (Å²) in [5.74, 6) is 2.51. The van der Waals surface area contributed by atoms with Crippen molar-refractivity contribution < 1.29 is 4.79 Å². The maximum Gasteiger partial charge on any atom is 0.246 e. The number of nitrogens with two attached hydrogens (primary N) is 1. The number of hydrogen-bond donors (Lipinski definition) is 1. The summed E-state index contributed by atoms with van der Waals surface area (Å²) in [7, 11) is 1.99. The minimum absolute atomic E-state index is 0.166. The average molecular weight is 302 g/mol. The summed E-state index contributed by atoms with van der Waals surface area (Å²) in [5, 5.41) is 0. The number of carbonyl (C=O) groups excluding carboxylic acids is 1. The fourth-order valence-corrected chi connectivity index (χ4v) is 6.78. The van der Waals surface area contributed by atoms with Crippen molar-refractivity contribution in [2.75, 3.05) is 7.05 Å². The quantitative estimate of drug-likeness (QED) is 0.748. The Balaban J connectivity index is 1.70. The summed E-state index contributed by atoms with van der Waals surface area (Å²) < 4.78 is 0. The summed E-state index contributed by atoms with van der Waals surface area (Å²) in [6.07, 6.45) is 11.6. The van der Waals surface area contributed by atoms with E-state index in [1.807, 2.05) is 18.0 Å². The van der Waals surface area contributed by atoms with Crippen LogP contribution in [-0.2, 0) is 4.79 Å². The topological polar surface area (TPSA) is 46.3 Å². The second-order valence-corrected chi connectivity index (χ2v) is 8.85. The van der Waals surface area contributed by atoms with E-state index < -0.39 is 0 Å². The largest absolute Gasteiger partial charge is 0.338 e. The van der Waals surface area contributed by atoms with Crippen molar-refractivity contribution in [1.29, 1.82) is 0 Å². The maximum absolute atomic E-state index is 12.1. The van der Waals surface area contributed by atoms with Crippen LogP contribution in [0.4, 0.5) is 0 Å². The third kappa shape index (κ3) is 1.69. The lowest BCUT2D eigenvalue weighted by molar-refractivity contribution is -0.138. The monoisotopic (exact) mass is 302 g/mol. The number of fused-ring (bicyclic) bond motifs is 5. The molecule has 7 atom stereocenters. The van der Waals surface area contributed by atoms with E-state index in [4.69, 9.17) is 5.73 Å². The highest BCUT2D eigenvalue weighted by Gasteiger charge is 2.59. The predicted molar refractivity (Wildman–Crippen MR) is 88.1 cm³/mol. The normalized spacial score (nSPS) is 53.9. The molecule has 4 aliphatic rings. The van der Waals surface area contributed by atoms with E-state index in [0.29, 0.717) is 17.5 Å².